The van der Waals surface area contributed by atoms with Crippen LogP contribution in [-0.2, 0) is 9.98 Å². The molecule has 0 fully saturated rings. The molecule has 0 atom stereocenters. The van der Waals surface area contributed by atoms with Gasteiger partial charge >= 0.3 is 7.44 Å². The highest BCUT2D eigenvalue weighted by Gasteiger charge is 2.49. The summed E-state index contributed by atoms with van der Waals surface area (Å²) in [5, 5.41) is 3.01. The Kier molecular flexibility index (Phi) is 6.16. The van der Waals surface area contributed by atoms with E-state index in [1.54, 1.807) is 0 Å². The molecule has 0 saturated heterocycles. The minimum Gasteiger partial charge on any atom is -0.309 e. The molecule has 0 amide bonds. The van der Waals surface area contributed by atoms with Crippen LogP contribution in [0.4, 0.5) is 22.7 Å². The Balaban J connectivity index is 1.30. The third-order valence-electron chi connectivity index (χ3n) is 10.7. The molecule has 7 aromatic carbocycles. The van der Waals surface area contributed by atoms with Gasteiger partial charge in [0.1, 0.15) is 0 Å². The summed E-state index contributed by atoms with van der Waals surface area (Å²) in [4.78, 5) is 0. The molecule has 50 heavy (non-hydrogen) atoms. The van der Waals surface area contributed by atoms with Crippen LogP contribution in [0.25, 0.3) is 38.6 Å². The Hall–Kier alpha value is -5.83. The van der Waals surface area contributed by atoms with Crippen molar-refractivity contribution >= 4 is 57.3 Å². The zero-order chi connectivity index (χ0) is 33.6. The van der Waals surface area contributed by atoms with Gasteiger partial charge in [0.05, 0.1) is 27.7 Å². The molecule has 4 nitrogen and oxygen atoms in total. The standard InChI is InChI=1S/C45H34N3OP/c1-45(2)39-23-13-12-22-35(39)36-29-38-37-28-34(26-27-41(37)46(44(38)30-40(36)45)31-16-6-3-7-17-31)50(49)47(32-18-8-4-9-19-32)42-24-14-15-25-43(42)48(50)33-20-10-5-11-21-33/h3-30H,1-2H3. The lowest BCUT2D eigenvalue weighted by atomic mass is 9.82. The third-order valence-corrected chi connectivity index (χ3v) is 13.6. The molecular weight excluding hydrogens is 629 g/mol. The summed E-state index contributed by atoms with van der Waals surface area (Å²) in [6.07, 6.45) is 0. The van der Waals surface area contributed by atoms with Gasteiger partial charge in [0, 0.05) is 33.2 Å². The van der Waals surface area contributed by atoms with E-state index in [4.69, 9.17) is 0 Å². The average molecular weight is 664 g/mol. The van der Waals surface area contributed by atoms with Crippen molar-refractivity contribution in [1.29, 1.82) is 0 Å². The van der Waals surface area contributed by atoms with Crippen molar-refractivity contribution in [2.45, 2.75) is 19.3 Å². The summed E-state index contributed by atoms with van der Waals surface area (Å²) in [5.74, 6) is 0. The van der Waals surface area contributed by atoms with Gasteiger partial charge in [0.2, 0.25) is 0 Å². The van der Waals surface area contributed by atoms with Gasteiger partial charge in [0.15, 0.2) is 0 Å². The topological polar surface area (TPSA) is 28.5 Å². The van der Waals surface area contributed by atoms with Gasteiger partial charge in [-0.3, -0.25) is 13.9 Å². The first kappa shape index (κ1) is 29.1. The summed E-state index contributed by atoms with van der Waals surface area (Å²) >= 11 is 0. The number of fused-ring (bicyclic) bond motifs is 7. The lowest BCUT2D eigenvalue weighted by Gasteiger charge is -2.33. The van der Waals surface area contributed by atoms with E-state index in [1.807, 2.05) is 48.5 Å². The van der Waals surface area contributed by atoms with Crippen LogP contribution in [0.5, 0.6) is 0 Å². The Morgan fingerprint density at radius 3 is 1.60 bits per heavy atom. The summed E-state index contributed by atoms with van der Waals surface area (Å²) in [6, 6.07) is 59.2. The average Bonchev–Trinajstić information content (AvgIpc) is 3.72. The van der Waals surface area contributed by atoms with E-state index >= 15 is 4.57 Å². The third kappa shape index (κ3) is 3.91. The Morgan fingerprint density at radius 2 is 0.980 bits per heavy atom. The minimum absolute atomic E-state index is 0.129. The number of hydrogen-bond acceptors (Lipinski definition) is 1. The van der Waals surface area contributed by atoms with E-state index in [9.17, 15) is 0 Å². The van der Waals surface area contributed by atoms with Gasteiger partial charge in [-0.2, -0.15) is 0 Å². The molecule has 240 valence electrons. The molecule has 0 bridgehead atoms. The number of hydrogen-bond donors (Lipinski definition) is 0. The molecule has 10 rings (SSSR count). The Morgan fingerprint density at radius 1 is 0.460 bits per heavy atom. The van der Waals surface area contributed by atoms with E-state index in [0.29, 0.717) is 0 Å². The fourth-order valence-electron chi connectivity index (χ4n) is 8.40. The lowest BCUT2D eigenvalue weighted by Crippen LogP contribution is -2.26. The van der Waals surface area contributed by atoms with Crippen molar-refractivity contribution in [3.63, 3.8) is 0 Å². The molecule has 0 unspecified atom stereocenters. The van der Waals surface area contributed by atoms with Crippen molar-refractivity contribution in [3.05, 3.63) is 181 Å². The first-order valence-electron chi connectivity index (χ1n) is 17.2. The van der Waals surface area contributed by atoms with Gasteiger partial charge in [-0.05, 0) is 101 Å². The maximum atomic E-state index is 16.5. The van der Waals surface area contributed by atoms with Crippen molar-refractivity contribution < 1.29 is 4.57 Å². The molecule has 0 saturated carbocycles. The van der Waals surface area contributed by atoms with E-state index in [2.05, 4.69) is 149 Å². The summed E-state index contributed by atoms with van der Waals surface area (Å²) in [5.41, 5.74) is 12.1. The quantitative estimate of drug-likeness (QED) is 0.175. The largest absolute Gasteiger partial charge is 0.309 e. The van der Waals surface area contributed by atoms with Crippen LogP contribution in [0.15, 0.2) is 170 Å². The fourth-order valence-corrected chi connectivity index (χ4v) is 11.4. The zero-order valence-electron chi connectivity index (χ0n) is 27.9. The van der Waals surface area contributed by atoms with Crippen LogP contribution in [0, 0.1) is 0 Å². The summed E-state index contributed by atoms with van der Waals surface area (Å²) in [6.45, 7) is 4.66. The van der Waals surface area contributed by atoms with Crippen LogP contribution in [0.1, 0.15) is 25.0 Å². The van der Waals surface area contributed by atoms with Crippen LogP contribution in [0.2, 0.25) is 0 Å². The monoisotopic (exact) mass is 663 g/mol. The maximum absolute atomic E-state index is 16.5. The van der Waals surface area contributed by atoms with Crippen molar-refractivity contribution in [2.24, 2.45) is 0 Å². The number of aromatic nitrogens is 1. The first-order valence-corrected chi connectivity index (χ1v) is 18.8. The predicted octanol–water partition coefficient (Wildman–Crippen LogP) is 11.9. The molecule has 0 N–H and O–H groups in total. The lowest BCUT2D eigenvalue weighted by molar-refractivity contribution is 0.582. The molecular formula is C45H34N3OP. The molecule has 2 heterocycles. The van der Waals surface area contributed by atoms with Gasteiger partial charge in [-0.25, -0.2) is 0 Å². The second kappa shape index (κ2) is 10.6. The maximum Gasteiger partial charge on any atom is 0.301 e. The Bertz CT molecular complexity index is 2590. The number of rotatable bonds is 4. The smallest absolute Gasteiger partial charge is 0.301 e. The number of para-hydroxylation sites is 5. The highest BCUT2D eigenvalue weighted by atomic mass is 31.2. The highest BCUT2D eigenvalue weighted by molar-refractivity contribution is 7.76. The van der Waals surface area contributed by atoms with Crippen LogP contribution < -0.4 is 14.6 Å². The van der Waals surface area contributed by atoms with Gasteiger partial charge < -0.3 is 4.57 Å². The molecule has 0 spiro atoms. The zero-order valence-corrected chi connectivity index (χ0v) is 28.8. The Labute approximate surface area is 292 Å². The van der Waals surface area contributed by atoms with E-state index in [-0.39, 0.29) is 5.41 Å². The molecule has 1 aliphatic carbocycles. The van der Waals surface area contributed by atoms with E-state index < -0.39 is 7.44 Å². The van der Waals surface area contributed by atoms with Gasteiger partial charge in [-0.1, -0.05) is 105 Å². The molecule has 0 radical (unpaired) electrons. The summed E-state index contributed by atoms with van der Waals surface area (Å²) in [7, 11) is -3.55. The fraction of sp³-hybridized carbons (Fsp3) is 0.0667. The second-order valence-corrected chi connectivity index (χ2v) is 16.2. The van der Waals surface area contributed by atoms with E-state index in [0.717, 1.165) is 55.5 Å². The number of benzene rings is 7. The number of anilines is 4. The molecule has 2 aliphatic rings. The second-order valence-electron chi connectivity index (χ2n) is 13.8. The normalized spacial score (nSPS) is 15.3. The molecule has 1 aromatic heterocycles. The van der Waals surface area contributed by atoms with Gasteiger partial charge in [-0.15, -0.1) is 0 Å². The van der Waals surface area contributed by atoms with Crippen LogP contribution in [-0.4, -0.2) is 4.57 Å². The van der Waals surface area contributed by atoms with Crippen LogP contribution >= 0.6 is 7.44 Å². The van der Waals surface area contributed by atoms with Crippen molar-refractivity contribution in [2.75, 3.05) is 9.34 Å². The van der Waals surface area contributed by atoms with Crippen molar-refractivity contribution in [3.8, 4) is 16.8 Å². The summed E-state index contributed by atoms with van der Waals surface area (Å²) < 4.78 is 23.0. The molecule has 1 aliphatic heterocycles. The van der Waals surface area contributed by atoms with Crippen molar-refractivity contribution in [1.82, 2.24) is 4.57 Å². The highest BCUT2D eigenvalue weighted by Crippen LogP contribution is 2.70. The number of nitrogens with zero attached hydrogens (tertiary/aromatic N) is 3. The first-order chi connectivity index (χ1) is 24.5. The molecule has 8 aromatic rings. The SMILES string of the molecule is CC1(C)c2ccccc2-c2cc3c4cc(P5(=O)N(c6ccccc6)c6ccccc6N5c5ccccc5)ccc4n(-c4ccccc4)c3cc21. The van der Waals surface area contributed by atoms with Crippen LogP contribution in [0.3, 0.4) is 0 Å². The molecule has 5 heteroatoms. The van der Waals surface area contributed by atoms with E-state index in [1.165, 1.54) is 22.3 Å². The van der Waals surface area contributed by atoms with Gasteiger partial charge in [0.25, 0.3) is 0 Å². The predicted molar refractivity (Wildman–Crippen MR) is 209 cm³/mol. The minimum atomic E-state index is -3.55.